The molecule has 2 aliphatic heterocycles. The molecule has 1 saturated carbocycles. The van der Waals surface area contributed by atoms with Gasteiger partial charge in [-0.3, -0.25) is 19.3 Å². The van der Waals surface area contributed by atoms with Gasteiger partial charge in [-0.05, 0) is 37.1 Å². The van der Waals surface area contributed by atoms with Crippen LogP contribution in [0.25, 0.3) is 0 Å². The van der Waals surface area contributed by atoms with Crippen LogP contribution >= 0.6 is 11.8 Å². The van der Waals surface area contributed by atoms with E-state index in [1.54, 1.807) is 11.8 Å². The summed E-state index contributed by atoms with van der Waals surface area (Å²) in [5.41, 5.74) is 0.952. The van der Waals surface area contributed by atoms with Crippen LogP contribution in [0.1, 0.15) is 38.5 Å². The van der Waals surface area contributed by atoms with Crippen molar-refractivity contribution in [2.75, 3.05) is 23.7 Å². The van der Waals surface area contributed by atoms with Gasteiger partial charge in [-0.1, -0.05) is 25.0 Å². The lowest BCUT2D eigenvalue weighted by Gasteiger charge is -2.23. The highest BCUT2D eigenvalue weighted by Crippen LogP contribution is 2.38. The van der Waals surface area contributed by atoms with Gasteiger partial charge in [0.25, 0.3) is 0 Å². The molecule has 26 heavy (non-hydrogen) atoms. The molecule has 2 heterocycles. The number of benzene rings is 1. The van der Waals surface area contributed by atoms with Gasteiger partial charge in [0.2, 0.25) is 17.7 Å². The average Bonchev–Trinajstić information content (AvgIpc) is 2.82. The molecule has 2 unspecified atom stereocenters. The molecule has 1 aromatic carbocycles. The van der Waals surface area contributed by atoms with Gasteiger partial charge in [0, 0.05) is 24.4 Å². The first-order valence-electron chi connectivity index (χ1n) is 9.54. The van der Waals surface area contributed by atoms with Crippen molar-refractivity contribution in [3.63, 3.8) is 0 Å². The minimum absolute atomic E-state index is 0.00424. The van der Waals surface area contributed by atoms with Crippen molar-refractivity contribution in [2.24, 2.45) is 11.8 Å². The van der Waals surface area contributed by atoms with Crippen LogP contribution in [-0.4, -0.2) is 41.5 Å². The van der Waals surface area contributed by atoms with Crippen LogP contribution in [-0.2, 0) is 14.4 Å². The molecule has 5 nitrogen and oxygen atoms in total. The van der Waals surface area contributed by atoms with Crippen molar-refractivity contribution in [1.82, 2.24) is 4.90 Å². The number of carbonyl (C=O) groups excluding carboxylic acids is 3. The predicted molar refractivity (Wildman–Crippen MR) is 101 cm³/mol. The average molecular weight is 372 g/mol. The highest BCUT2D eigenvalue weighted by Gasteiger charge is 2.47. The largest absolute Gasteiger partial charge is 0.311 e. The molecule has 1 aliphatic carbocycles. The Morgan fingerprint density at radius 3 is 2.46 bits per heavy atom. The number of anilines is 1. The second kappa shape index (κ2) is 7.43. The van der Waals surface area contributed by atoms with Crippen molar-refractivity contribution in [1.29, 1.82) is 0 Å². The molecule has 3 amide bonds. The van der Waals surface area contributed by atoms with Crippen LogP contribution in [0.4, 0.5) is 5.69 Å². The highest BCUT2D eigenvalue weighted by molar-refractivity contribution is 7.99. The van der Waals surface area contributed by atoms with Gasteiger partial charge in [-0.25, -0.2) is 0 Å². The van der Waals surface area contributed by atoms with E-state index in [0.29, 0.717) is 6.54 Å². The first-order chi connectivity index (χ1) is 12.7. The standard InChI is InChI=1S/C20H24N2O3S/c23-18(21-11-5-13-26-17-9-4-3-8-16(17)21)10-12-22-19(24)14-6-1-2-7-15(14)20(22)25/h3-4,8-9,14-15H,1-2,5-7,10-13H2. The van der Waals surface area contributed by atoms with Gasteiger partial charge in [-0.2, -0.15) is 0 Å². The Balaban J connectivity index is 1.44. The summed E-state index contributed by atoms with van der Waals surface area (Å²) < 4.78 is 0. The third kappa shape index (κ3) is 3.15. The number of likely N-dealkylation sites (tertiary alicyclic amines) is 1. The Kier molecular flexibility index (Phi) is 5.02. The zero-order valence-corrected chi connectivity index (χ0v) is 15.7. The fourth-order valence-electron chi connectivity index (χ4n) is 4.38. The maximum absolute atomic E-state index is 12.9. The summed E-state index contributed by atoms with van der Waals surface area (Å²) >= 11 is 1.78. The Hall–Kier alpha value is -1.82. The zero-order chi connectivity index (χ0) is 18.1. The Labute approximate surface area is 158 Å². The smallest absolute Gasteiger partial charge is 0.233 e. The SMILES string of the molecule is O=C1C2CCCCC2C(=O)N1CCC(=O)N1CCCSc2ccccc21. The van der Waals surface area contributed by atoms with Crippen LogP contribution < -0.4 is 4.90 Å². The molecule has 1 aromatic rings. The second-order valence-electron chi connectivity index (χ2n) is 7.29. The van der Waals surface area contributed by atoms with Gasteiger partial charge in [0.1, 0.15) is 0 Å². The molecule has 1 saturated heterocycles. The summed E-state index contributed by atoms with van der Waals surface area (Å²) in [5, 5.41) is 0. The molecule has 0 aromatic heterocycles. The number of rotatable bonds is 3. The van der Waals surface area contributed by atoms with E-state index in [1.165, 1.54) is 4.90 Å². The minimum atomic E-state index is -0.137. The summed E-state index contributed by atoms with van der Waals surface area (Å²) in [6, 6.07) is 7.96. The Morgan fingerprint density at radius 2 is 1.73 bits per heavy atom. The predicted octanol–water partition coefficient (Wildman–Crippen LogP) is 3.08. The molecule has 0 bridgehead atoms. The molecule has 3 aliphatic rings. The van der Waals surface area contributed by atoms with Crippen LogP contribution in [0.2, 0.25) is 0 Å². The number of para-hydroxylation sites is 1. The lowest BCUT2D eigenvalue weighted by Crippen LogP contribution is -2.38. The maximum atomic E-state index is 12.9. The molecular formula is C20H24N2O3S. The summed E-state index contributed by atoms with van der Waals surface area (Å²) in [7, 11) is 0. The number of carbonyl (C=O) groups is 3. The van der Waals surface area contributed by atoms with E-state index >= 15 is 0 Å². The molecule has 6 heteroatoms. The summed E-state index contributed by atoms with van der Waals surface area (Å²) in [5.74, 6) is 0.602. The molecule has 4 rings (SSSR count). The molecule has 0 spiro atoms. The molecule has 138 valence electrons. The second-order valence-corrected chi connectivity index (χ2v) is 8.43. The van der Waals surface area contributed by atoms with Gasteiger partial charge in [0.15, 0.2) is 0 Å². The Bertz CT molecular complexity index is 712. The summed E-state index contributed by atoms with van der Waals surface area (Å²) in [6.07, 6.45) is 4.82. The summed E-state index contributed by atoms with van der Waals surface area (Å²) in [6.45, 7) is 0.908. The number of nitrogens with zero attached hydrogens (tertiary/aromatic N) is 2. The van der Waals surface area contributed by atoms with Gasteiger partial charge >= 0.3 is 0 Å². The number of hydrogen-bond donors (Lipinski definition) is 0. The number of thioether (sulfide) groups is 1. The van der Waals surface area contributed by atoms with Crippen molar-refractivity contribution < 1.29 is 14.4 Å². The number of fused-ring (bicyclic) bond motifs is 2. The van der Waals surface area contributed by atoms with E-state index in [4.69, 9.17) is 0 Å². The quantitative estimate of drug-likeness (QED) is 0.765. The van der Waals surface area contributed by atoms with E-state index in [1.807, 2.05) is 29.2 Å². The topological polar surface area (TPSA) is 57.7 Å². The first kappa shape index (κ1) is 17.6. The fraction of sp³-hybridized carbons (Fsp3) is 0.550. The molecule has 2 atom stereocenters. The first-order valence-corrected chi connectivity index (χ1v) is 10.5. The lowest BCUT2D eigenvalue weighted by atomic mass is 9.81. The normalized spacial score (nSPS) is 25.7. The van der Waals surface area contributed by atoms with E-state index in [-0.39, 0.29) is 42.5 Å². The van der Waals surface area contributed by atoms with Gasteiger partial charge in [-0.15, -0.1) is 11.8 Å². The van der Waals surface area contributed by atoms with Crippen LogP contribution in [0.15, 0.2) is 29.2 Å². The minimum Gasteiger partial charge on any atom is -0.311 e. The molecule has 0 radical (unpaired) electrons. The van der Waals surface area contributed by atoms with Gasteiger partial charge in [0.05, 0.1) is 17.5 Å². The number of hydrogen-bond acceptors (Lipinski definition) is 4. The van der Waals surface area contributed by atoms with Crippen molar-refractivity contribution in [2.45, 2.75) is 43.4 Å². The van der Waals surface area contributed by atoms with Crippen molar-refractivity contribution in [3.05, 3.63) is 24.3 Å². The van der Waals surface area contributed by atoms with E-state index in [9.17, 15) is 14.4 Å². The van der Waals surface area contributed by atoms with Crippen LogP contribution in [0.5, 0.6) is 0 Å². The fourth-order valence-corrected chi connectivity index (χ4v) is 5.37. The van der Waals surface area contributed by atoms with Crippen LogP contribution in [0, 0.1) is 11.8 Å². The number of imide groups is 1. The third-order valence-corrected chi connectivity index (χ3v) is 6.87. The maximum Gasteiger partial charge on any atom is 0.233 e. The Morgan fingerprint density at radius 1 is 1.04 bits per heavy atom. The molecule has 0 N–H and O–H groups in total. The van der Waals surface area contributed by atoms with Crippen LogP contribution in [0.3, 0.4) is 0 Å². The summed E-state index contributed by atoms with van der Waals surface area (Å²) in [4.78, 5) is 42.3. The number of amides is 3. The monoisotopic (exact) mass is 372 g/mol. The van der Waals surface area contributed by atoms with E-state index in [2.05, 4.69) is 0 Å². The van der Waals surface area contributed by atoms with E-state index < -0.39 is 0 Å². The highest BCUT2D eigenvalue weighted by atomic mass is 32.2. The molecular weight excluding hydrogens is 348 g/mol. The lowest BCUT2D eigenvalue weighted by molar-refractivity contribution is -0.140. The van der Waals surface area contributed by atoms with Gasteiger partial charge < -0.3 is 4.90 Å². The zero-order valence-electron chi connectivity index (χ0n) is 14.9. The van der Waals surface area contributed by atoms with E-state index in [0.717, 1.165) is 48.4 Å². The third-order valence-electron chi connectivity index (χ3n) is 5.72. The van der Waals surface area contributed by atoms with Crippen molar-refractivity contribution in [3.8, 4) is 0 Å². The van der Waals surface area contributed by atoms with Crippen molar-refractivity contribution >= 4 is 35.2 Å². The molecule has 2 fully saturated rings.